The van der Waals surface area contributed by atoms with Crippen molar-refractivity contribution in [3.05, 3.63) is 29.8 Å². The minimum absolute atomic E-state index is 0.0868. The van der Waals surface area contributed by atoms with E-state index in [1.807, 2.05) is 25.1 Å². The van der Waals surface area contributed by atoms with E-state index in [0.29, 0.717) is 5.75 Å². The number of hydrogen-bond acceptors (Lipinski definition) is 3. The summed E-state index contributed by atoms with van der Waals surface area (Å²) in [5, 5.41) is 0. The molecule has 1 rings (SSSR count). The number of primary amides is 1. The van der Waals surface area contributed by atoms with Gasteiger partial charge in [0.05, 0.1) is 0 Å². The molecule has 0 spiro atoms. The molecule has 0 aromatic heterocycles. The molecule has 4 heteroatoms. The summed E-state index contributed by atoms with van der Waals surface area (Å²) in [6.07, 6.45) is 0.163. The molecule has 0 aliphatic rings. The third kappa shape index (κ3) is 2.97. The number of amides is 1. The third-order valence-corrected chi connectivity index (χ3v) is 2.46. The lowest BCUT2D eigenvalue weighted by Gasteiger charge is -2.18. The standard InChI is InChI=1S/C12H18N2O2/c1-3-10(13)9-6-4-5-7-11(9)16-8(2)12(14)15/h4-8,10H,3,13H2,1-2H3,(H2,14,15)/t8?,10-/m1/s1. The lowest BCUT2D eigenvalue weighted by atomic mass is 10.0. The molecule has 1 amide bonds. The Kier molecular flexibility index (Phi) is 4.31. The van der Waals surface area contributed by atoms with Gasteiger partial charge in [0, 0.05) is 11.6 Å². The predicted molar refractivity (Wildman–Crippen MR) is 62.9 cm³/mol. The highest BCUT2D eigenvalue weighted by Crippen LogP contribution is 2.26. The highest BCUT2D eigenvalue weighted by molar-refractivity contribution is 5.78. The number of hydrogen-bond donors (Lipinski definition) is 2. The Hall–Kier alpha value is -1.55. The molecule has 16 heavy (non-hydrogen) atoms. The molecule has 0 aliphatic carbocycles. The van der Waals surface area contributed by atoms with Crippen LogP contribution in [0.4, 0.5) is 0 Å². The summed E-state index contributed by atoms with van der Waals surface area (Å²) in [5.41, 5.74) is 12.0. The summed E-state index contributed by atoms with van der Waals surface area (Å²) in [7, 11) is 0. The number of ether oxygens (including phenoxy) is 1. The van der Waals surface area contributed by atoms with Crippen LogP contribution in [0.25, 0.3) is 0 Å². The molecular formula is C12H18N2O2. The first-order chi connectivity index (χ1) is 7.56. The van der Waals surface area contributed by atoms with E-state index in [1.54, 1.807) is 13.0 Å². The highest BCUT2D eigenvalue weighted by Gasteiger charge is 2.15. The number of carbonyl (C=O) groups is 1. The maximum absolute atomic E-state index is 10.9. The van der Waals surface area contributed by atoms with E-state index in [4.69, 9.17) is 16.2 Å². The van der Waals surface area contributed by atoms with Crippen LogP contribution in [0.5, 0.6) is 5.75 Å². The molecule has 0 saturated carbocycles. The molecule has 0 saturated heterocycles. The van der Waals surface area contributed by atoms with Gasteiger partial charge in [-0.05, 0) is 19.4 Å². The van der Waals surface area contributed by atoms with Gasteiger partial charge in [0.1, 0.15) is 5.75 Å². The number of rotatable bonds is 5. The average Bonchev–Trinajstić information content (AvgIpc) is 2.28. The van der Waals surface area contributed by atoms with Gasteiger partial charge in [-0.25, -0.2) is 0 Å². The van der Waals surface area contributed by atoms with Crippen molar-refractivity contribution in [1.29, 1.82) is 0 Å². The smallest absolute Gasteiger partial charge is 0.258 e. The van der Waals surface area contributed by atoms with E-state index in [2.05, 4.69) is 0 Å². The third-order valence-electron chi connectivity index (χ3n) is 2.46. The predicted octanol–water partition coefficient (Wildman–Crippen LogP) is 1.35. The van der Waals surface area contributed by atoms with Crippen LogP contribution < -0.4 is 16.2 Å². The minimum atomic E-state index is -0.648. The lowest BCUT2D eigenvalue weighted by Crippen LogP contribution is -2.31. The largest absolute Gasteiger partial charge is 0.481 e. The topological polar surface area (TPSA) is 78.3 Å². The second kappa shape index (κ2) is 5.51. The van der Waals surface area contributed by atoms with Crippen LogP contribution >= 0.6 is 0 Å². The summed E-state index contributed by atoms with van der Waals surface area (Å²) in [6.45, 7) is 3.62. The normalized spacial score (nSPS) is 14.2. The molecule has 2 atom stereocenters. The van der Waals surface area contributed by atoms with Crippen molar-refractivity contribution in [3.8, 4) is 5.75 Å². The van der Waals surface area contributed by atoms with Gasteiger partial charge < -0.3 is 16.2 Å². The Bertz CT molecular complexity index is 366. The van der Waals surface area contributed by atoms with E-state index in [-0.39, 0.29) is 6.04 Å². The van der Waals surface area contributed by atoms with Gasteiger partial charge in [-0.1, -0.05) is 25.1 Å². The van der Waals surface area contributed by atoms with Crippen LogP contribution in [-0.2, 0) is 4.79 Å². The summed E-state index contributed by atoms with van der Waals surface area (Å²) >= 11 is 0. The SMILES string of the molecule is CC[C@@H](N)c1ccccc1OC(C)C(N)=O. The molecule has 0 heterocycles. The summed E-state index contributed by atoms with van der Waals surface area (Å²) in [4.78, 5) is 10.9. The van der Waals surface area contributed by atoms with Crippen molar-refractivity contribution in [2.45, 2.75) is 32.4 Å². The monoisotopic (exact) mass is 222 g/mol. The Labute approximate surface area is 95.6 Å². The van der Waals surface area contributed by atoms with E-state index in [0.717, 1.165) is 12.0 Å². The van der Waals surface area contributed by atoms with Gasteiger partial charge in [-0.2, -0.15) is 0 Å². The summed E-state index contributed by atoms with van der Waals surface area (Å²) in [5.74, 6) is 0.142. The zero-order valence-electron chi connectivity index (χ0n) is 9.64. The van der Waals surface area contributed by atoms with Crippen molar-refractivity contribution in [2.75, 3.05) is 0 Å². The van der Waals surface area contributed by atoms with Gasteiger partial charge in [-0.15, -0.1) is 0 Å². The molecular weight excluding hydrogens is 204 g/mol. The zero-order chi connectivity index (χ0) is 12.1. The minimum Gasteiger partial charge on any atom is -0.481 e. The lowest BCUT2D eigenvalue weighted by molar-refractivity contribution is -0.124. The zero-order valence-corrected chi connectivity index (χ0v) is 9.64. The maximum Gasteiger partial charge on any atom is 0.258 e. The summed E-state index contributed by atoms with van der Waals surface area (Å²) < 4.78 is 5.48. The number of para-hydroxylation sites is 1. The van der Waals surface area contributed by atoms with E-state index in [9.17, 15) is 4.79 Å². The Morgan fingerprint density at radius 2 is 2.06 bits per heavy atom. The van der Waals surface area contributed by atoms with Crippen molar-refractivity contribution in [3.63, 3.8) is 0 Å². The van der Waals surface area contributed by atoms with Gasteiger partial charge >= 0.3 is 0 Å². The Balaban J connectivity index is 2.90. The molecule has 1 aromatic carbocycles. The molecule has 4 nitrogen and oxygen atoms in total. The molecule has 0 aliphatic heterocycles. The Morgan fingerprint density at radius 1 is 1.44 bits per heavy atom. The summed E-state index contributed by atoms with van der Waals surface area (Å²) in [6, 6.07) is 7.35. The second-order valence-electron chi connectivity index (χ2n) is 3.72. The van der Waals surface area contributed by atoms with Crippen molar-refractivity contribution in [2.24, 2.45) is 11.5 Å². The molecule has 88 valence electrons. The van der Waals surface area contributed by atoms with Crippen molar-refractivity contribution < 1.29 is 9.53 Å². The first kappa shape index (κ1) is 12.5. The van der Waals surface area contributed by atoms with Crippen molar-refractivity contribution >= 4 is 5.91 Å². The average molecular weight is 222 g/mol. The molecule has 1 aromatic rings. The Morgan fingerprint density at radius 3 is 2.62 bits per heavy atom. The molecule has 0 fully saturated rings. The van der Waals surface area contributed by atoms with Crippen LogP contribution in [0, 0.1) is 0 Å². The quantitative estimate of drug-likeness (QED) is 0.789. The van der Waals surface area contributed by atoms with Gasteiger partial charge in [0.15, 0.2) is 6.10 Å². The van der Waals surface area contributed by atoms with Crippen LogP contribution in [0.3, 0.4) is 0 Å². The number of benzene rings is 1. The van der Waals surface area contributed by atoms with Crippen LogP contribution in [0.15, 0.2) is 24.3 Å². The molecule has 1 unspecified atom stereocenters. The molecule has 0 radical (unpaired) electrons. The van der Waals surface area contributed by atoms with Crippen LogP contribution in [0.2, 0.25) is 0 Å². The first-order valence-electron chi connectivity index (χ1n) is 5.36. The fourth-order valence-corrected chi connectivity index (χ4v) is 1.36. The van der Waals surface area contributed by atoms with Gasteiger partial charge in [-0.3, -0.25) is 4.79 Å². The van der Waals surface area contributed by atoms with E-state index in [1.165, 1.54) is 0 Å². The van der Waals surface area contributed by atoms with Gasteiger partial charge in [0.25, 0.3) is 5.91 Å². The fourth-order valence-electron chi connectivity index (χ4n) is 1.36. The highest BCUT2D eigenvalue weighted by atomic mass is 16.5. The maximum atomic E-state index is 10.9. The van der Waals surface area contributed by atoms with Crippen molar-refractivity contribution in [1.82, 2.24) is 0 Å². The second-order valence-corrected chi connectivity index (χ2v) is 3.72. The fraction of sp³-hybridized carbons (Fsp3) is 0.417. The first-order valence-corrected chi connectivity index (χ1v) is 5.36. The van der Waals surface area contributed by atoms with E-state index >= 15 is 0 Å². The van der Waals surface area contributed by atoms with Crippen LogP contribution in [0.1, 0.15) is 31.9 Å². The molecule has 4 N–H and O–H groups in total. The van der Waals surface area contributed by atoms with Crippen LogP contribution in [-0.4, -0.2) is 12.0 Å². The number of carbonyl (C=O) groups excluding carboxylic acids is 1. The molecule has 0 bridgehead atoms. The number of nitrogens with two attached hydrogens (primary N) is 2. The van der Waals surface area contributed by atoms with Gasteiger partial charge in [0.2, 0.25) is 0 Å². The van der Waals surface area contributed by atoms with E-state index < -0.39 is 12.0 Å².